The number of anilines is 3. The van der Waals surface area contributed by atoms with Gasteiger partial charge in [-0.15, -0.1) is 0 Å². The van der Waals surface area contributed by atoms with Crippen LogP contribution in [0.3, 0.4) is 0 Å². The van der Waals surface area contributed by atoms with Gasteiger partial charge in [0.25, 0.3) is 0 Å². The molecule has 0 bridgehead atoms. The van der Waals surface area contributed by atoms with Gasteiger partial charge in [-0.1, -0.05) is 18.2 Å². The van der Waals surface area contributed by atoms with Gasteiger partial charge in [-0.25, -0.2) is 14.6 Å². The number of carbonyl (C=O) groups excluding carboxylic acids is 2. The first-order chi connectivity index (χ1) is 17.7. The van der Waals surface area contributed by atoms with Crippen molar-refractivity contribution in [2.24, 2.45) is 4.99 Å². The van der Waals surface area contributed by atoms with E-state index in [1.165, 1.54) is 0 Å². The molecule has 0 aromatic heterocycles. The van der Waals surface area contributed by atoms with Gasteiger partial charge in [0, 0.05) is 17.1 Å². The Morgan fingerprint density at radius 1 is 0.895 bits per heavy atom. The lowest BCUT2D eigenvalue weighted by molar-refractivity contribution is 0.0545. The van der Waals surface area contributed by atoms with E-state index in [4.69, 9.17) is 14.5 Å². The quantitative estimate of drug-likeness (QED) is 0.446. The second-order valence-corrected chi connectivity index (χ2v) is 11.5. The van der Waals surface area contributed by atoms with Crippen LogP contribution in [0.25, 0.3) is 0 Å². The molecular formula is C30H36N4O4. The molecule has 2 aromatic carbocycles. The van der Waals surface area contributed by atoms with E-state index >= 15 is 0 Å². The summed E-state index contributed by atoms with van der Waals surface area (Å²) in [6.45, 7) is 14.8. The van der Waals surface area contributed by atoms with E-state index < -0.39 is 23.4 Å². The van der Waals surface area contributed by atoms with Crippen LogP contribution in [0.4, 0.5) is 32.3 Å². The minimum Gasteiger partial charge on any atom is -0.444 e. The first-order valence-corrected chi connectivity index (χ1v) is 12.7. The predicted molar refractivity (Wildman–Crippen MR) is 152 cm³/mol. The Morgan fingerprint density at radius 2 is 1.50 bits per heavy atom. The number of hydrogen-bond donors (Lipinski definition) is 2. The second kappa shape index (κ2) is 10.0. The fraction of sp³-hybridized carbons (Fsp3) is 0.367. The van der Waals surface area contributed by atoms with Gasteiger partial charge in [0.15, 0.2) is 0 Å². The monoisotopic (exact) mass is 516 g/mol. The molecule has 0 fully saturated rings. The van der Waals surface area contributed by atoms with Gasteiger partial charge in [0.1, 0.15) is 11.2 Å². The molecule has 2 aromatic rings. The SMILES string of the molecule is CC1=CC2=Nc3cc(C)c(NC(=O)OC(C)(C)C)cc3N(c3ccccc3)C2C=C1NC(=O)OC(C)(C)C. The number of benzene rings is 2. The van der Waals surface area contributed by atoms with E-state index in [2.05, 4.69) is 15.5 Å². The zero-order valence-corrected chi connectivity index (χ0v) is 23.3. The molecule has 2 aliphatic rings. The number of hydrogen-bond acceptors (Lipinski definition) is 6. The van der Waals surface area contributed by atoms with E-state index in [1.807, 2.05) is 110 Å². The molecule has 4 rings (SSSR count). The topological polar surface area (TPSA) is 92.3 Å². The molecule has 8 nitrogen and oxygen atoms in total. The summed E-state index contributed by atoms with van der Waals surface area (Å²) in [6, 6.07) is 13.5. The zero-order valence-electron chi connectivity index (χ0n) is 23.3. The molecule has 8 heteroatoms. The average Bonchev–Trinajstić information content (AvgIpc) is 2.77. The molecule has 0 radical (unpaired) electrons. The Labute approximate surface area is 224 Å². The highest BCUT2D eigenvalue weighted by Crippen LogP contribution is 2.44. The molecule has 2 amide bonds. The number of allylic oxidation sites excluding steroid dienone is 1. The number of alkyl carbamates (subject to hydrolysis) is 1. The Bertz CT molecular complexity index is 1340. The zero-order chi connectivity index (χ0) is 27.8. The molecule has 0 saturated carbocycles. The highest BCUT2D eigenvalue weighted by atomic mass is 16.6. The van der Waals surface area contributed by atoms with Crippen LogP contribution in [0, 0.1) is 6.92 Å². The van der Waals surface area contributed by atoms with Gasteiger partial charge in [-0.2, -0.15) is 0 Å². The summed E-state index contributed by atoms with van der Waals surface area (Å²) in [5.74, 6) is 0. The number of rotatable bonds is 3. The van der Waals surface area contributed by atoms with Gasteiger partial charge in [0.2, 0.25) is 0 Å². The largest absolute Gasteiger partial charge is 0.444 e. The summed E-state index contributed by atoms with van der Waals surface area (Å²) in [7, 11) is 0. The Morgan fingerprint density at radius 3 is 2.11 bits per heavy atom. The van der Waals surface area contributed by atoms with Crippen molar-refractivity contribution in [1.29, 1.82) is 0 Å². The van der Waals surface area contributed by atoms with Gasteiger partial charge >= 0.3 is 12.2 Å². The maximum absolute atomic E-state index is 12.6. The van der Waals surface area contributed by atoms with Crippen LogP contribution < -0.4 is 15.5 Å². The van der Waals surface area contributed by atoms with Crippen LogP contribution >= 0.6 is 0 Å². The number of fused-ring (bicyclic) bond motifs is 2. The molecule has 0 spiro atoms. The van der Waals surface area contributed by atoms with Crippen molar-refractivity contribution >= 4 is 40.6 Å². The summed E-state index contributed by atoms with van der Waals surface area (Å²) in [4.78, 5) is 32.3. The fourth-order valence-corrected chi connectivity index (χ4v) is 4.31. The van der Waals surface area contributed by atoms with Crippen LogP contribution in [-0.4, -0.2) is 35.1 Å². The number of nitrogens with one attached hydrogen (secondary N) is 2. The lowest BCUT2D eigenvalue weighted by Gasteiger charge is -2.39. The third-order valence-corrected chi connectivity index (χ3v) is 5.83. The summed E-state index contributed by atoms with van der Waals surface area (Å²) in [6.07, 6.45) is 2.93. The molecule has 1 atom stereocenters. The summed E-state index contributed by atoms with van der Waals surface area (Å²) in [5, 5.41) is 5.79. The normalized spacial score (nSPS) is 16.8. The van der Waals surface area contributed by atoms with E-state index in [0.717, 1.165) is 33.9 Å². The third kappa shape index (κ3) is 6.25. The van der Waals surface area contributed by atoms with Crippen LogP contribution in [-0.2, 0) is 9.47 Å². The number of amides is 2. The molecule has 2 N–H and O–H groups in total. The Balaban J connectivity index is 1.77. The molecule has 200 valence electrons. The van der Waals surface area contributed by atoms with Crippen LogP contribution in [0.15, 0.2) is 70.9 Å². The van der Waals surface area contributed by atoms with E-state index in [0.29, 0.717) is 11.4 Å². The van der Waals surface area contributed by atoms with E-state index in [1.54, 1.807) is 0 Å². The van der Waals surface area contributed by atoms with Crippen LogP contribution in [0.5, 0.6) is 0 Å². The van der Waals surface area contributed by atoms with Crippen molar-refractivity contribution in [2.45, 2.75) is 72.6 Å². The summed E-state index contributed by atoms with van der Waals surface area (Å²) in [5.41, 5.74) is 5.21. The molecule has 1 heterocycles. The highest BCUT2D eigenvalue weighted by Gasteiger charge is 2.33. The fourth-order valence-electron chi connectivity index (χ4n) is 4.31. The van der Waals surface area contributed by atoms with Gasteiger partial charge < -0.3 is 14.4 Å². The Kier molecular flexibility index (Phi) is 7.10. The first kappa shape index (κ1) is 27.0. The molecule has 1 aliphatic carbocycles. The van der Waals surface area contributed by atoms with Crippen LogP contribution in [0.1, 0.15) is 54.0 Å². The Hall–Kier alpha value is -4.07. The van der Waals surface area contributed by atoms with Crippen molar-refractivity contribution < 1.29 is 19.1 Å². The van der Waals surface area contributed by atoms with Crippen molar-refractivity contribution in [3.63, 3.8) is 0 Å². The molecular weight excluding hydrogens is 480 g/mol. The van der Waals surface area contributed by atoms with E-state index in [9.17, 15) is 9.59 Å². The number of ether oxygens (including phenoxy) is 2. The van der Waals surface area contributed by atoms with Gasteiger partial charge in [-0.3, -0.25) is 10.6 Å². The van der Waals surface area contributed by atoms with Crippen LogP contribution in [0.2, 0.25) is 0 Å². The average molecular weight is 517 g/mol. The van der Waals surface area contributed by atoms with Crippen molar-refractivity contribution in [2.75, 3.05) is 10.2 Å². The van der Waals surface area contributed by atoms with Crippen molar-refractivity contribution in [3.8, 4) is 0 Å². The first-order valence-electron chi connectivity index (χ1n) is 12.7. The maximum atomic E-state index is 12.6. The molecule has 1 aliphatic heterocycles. The highest BCUT2D eigenvalue weighted by molar-refractivity contribution is 6.11. The lowest BCUT2D eigenvalue weighted by Crippen LogP contribution is -2.42. The van der Waals surface area contributed by atoms with Crippen molar-refractivity contribution in [3.05, 3.63) is 71.5 Å². The summed E-state index contributed by atoms with van der Waals surface area (Å²) < 4.78 is 11.0. The minimum absolute atomic E-state index is 0.296. The summed E-state index contributed by atoms with van der Waals surface area (Å²) >= 11 is 0. The van der Waals surface area contributed by atoms with Gasteiger partial charge in [-0.05, 0) is 103 Å². The molecule has 0 saturated heterocycles. The maximum Gasteiger partial charge on any atom is 0.412 e. The standard InChI is InChI=1S/C30H36N4O4/c1-18-14-23-25(16-21(18)32-27(35)37-29(3,4)5)34(20-12-10-9-11-13-20)26-17-22(19(2)15-24(26)31-23)33-28(36)38-30(6,7)8/h9-17,25H,1-8H3,(H,32,35)(H,33,36). The number of aryl methyl sites for hydroxylation is 1. The minimum atomic E-state index is -0.615. The number of nitrogens with zero attached hydrogens (tertiary/aromatic N) is 2. The number of para-hydroxylation sites is 1. The third-order valence-electron chi connectivity index (χ3n) is 5.83. The smallest absolute Gasteiger partial charge is 0.412 e. The number of carbonyl (C=O) groups is 2. The van der Waals surface area contributed by atoms with E-state index in [-0.39, 0.29) is 6.04 Å². The molecule has 1 unspecified atom stereocenters. The lowest BCUT2D eigenvalue weighted by atomic mass is 9.93. The number of aliphatic imine (C=N–C) groups is 1. The molecule has 38 heavy (non-hydrogen) atoms. The van der Waals surface area contributed by atoms with Crippen molar-refractivity contribution in [1.82, 2.24) is 5.32 Å². The predicted octanol–water partition coefficient (Wildman–Crippen LogP) is 7.30. The van der Waals surface area contributed by atoms with Gasteiger partial charge in [0.05, 0.1) is 23.1 Å². The second-order valence-electron chi connectivity index (χ2n) is 11.5.